The lowest BCUT2D eigenvalue weighted by Gasteiger charge is -2.55. The predicted octanol–water partition coefficient (Wildman–Crippen LogP) is 2.01. The van der Waals surface area contributed by atoms with Gasteiger partial charge in [0.15, 0.2) is 0 Å². The molecule has 4 fully saturated rings. The summed E-state index contributed by atoms with van der Waals surface area (Å²) in [6.45, 7) is 8.06. The van der Waals surface area contributed by atoms with Gasteiger partial charge in [-0.15, -0.1) is 0 Å². The van der Waals surface area contributed by atoms with Crippen molar-refractivity contribution < 1.29 is 9.59 Å². The molecule has 2 amide bonds. The van der Waals surface area contributed by atoms with Gasteiger partial charge in [0.2, 0.25) is 11.8 Å². The molecular formula is C25H30N4O2. The average Bonchev–Trinajstić information content (AvgIpc) is 2.99. The number of rotatable bonds is 5. The fraction of sp³-hybridized carbons (Fsp3) is 0.440. The monoisotopic (exact) mass is 418 g/mol. The second kappa shape index (κ2) is 8.09. The van der Waals surface area contributed by atoms with Crippen LogP contribution in [0.4, 0.5) is 5.69 Å². The zero-order chi connectivity index (χ0) is 21.4. The first kappa shape index (κ1) is 20.2. The molecule has 4 aliphatic rings. The first-order chi connectivity index (χ1) is 15.0. The summed E-state index contributed by atoms with van der Waals surface area (Å²) in [5.74, 6) is -0.0963. The van der Waals surface area contributed by atoms with E-state index in [4.69, 9.17) is 0 Å². The zero-order valence-electron chi connectivity index (χ0n) is 18.0. The van der Waals surface area contributed by atoms with Crippen LogP contribution in [0.15, 0.2) is 54.6 Å². The summed E-state index contributed by atoms with van der Waals surface area (Å²) in [6, 6.07) is 18.3. The van der Waals surface area contributed by atoms with Crippen molar-refractivity contribution in [2.75, 3.05) is 44.6 Å². The number of hydrogen-bond acceptors (Lipinski definition) is 4. The molecule has 0 aliphatic carbocycles. The van der Waals surface area contributed by atoms with Crippen LogP contribution in [-0.4, -0.2) is 66.9 Å². The van der Waals surface area contributed by atoms with E-state index in [1.807, 2.05) is 37.3 Å². The molecule has 6 nitrogen and oxygen atoms in total. The number of piperidine rings is 2. The van der Waals surface area contributed by atoms with E-state index in [0.29, 0.717) is 5.92 Å². The Balaban J connectivity index is 1.33. The number of aryl methyl sites for hydroxylation is 1. The SMILES string of the molecule is Cc1cccc(NC(=O)CC(=O)NC2C3CN4CCN(C3)CC2(c2ccccc2)C4)c1. The maximum atomic E-state index is 13.0. The Morgan fingerprint density at radius 3 is 2.35 bits per heavy atom. The first-order valence-electron chi connectivity index (χ1n) is 11.2. The molecule has 6 rings (SSSR count). The van der Waals surface area contributed by atoms with E-state index in [2.05, 4.69) is 44.7 Å². The number of nitrogens with zero attached hydrogens (tertiary/aromatic N) is 2. The minimum atomic E-state index is -0.273. The molecule has 3 unspecified atom stereocenters. The Bertz CT molecular complexity index is 960. The number of fused-ring (bicyclic) bond motifs is 1. The number of benzene rings is 2. The highest BCUT2D eigenvalue weighted by atomic mass is 16.2. The van der Waals surface area contributed by atoms with Crippen molar-refractivity contribution >= 4 is 17.5 Å². The molecule has 2 aromatic carbocycles. The smallest absolute Gasteiger partial charge is 0.233 e. The fourth-order valence-electron chi connectivity index (χ4n) is 5.87. The van der Waals surface area contributed by atoms with Crippen LogP contribution in [0.1, 0.15) is 17.5 Å². The number of carbonyl (C=O) groups is 2. The lowest BCUT2D eigenvalue weighted by Crippen LogP contribution is -2.70. The molecule has 4 heterocycles. The van der Waals surface area contributed by atoms with E-state index >= 15 is 0 Å². The number of amides is 2. The molecule has 4 bridgehead atoms. The van der Waals surface area contributed by atoms with Crippen LogP contribution in [0.3, 0.4) is 0 Å². The number of carbonyl (C=O) groups excluding carboxylic acids is 2. The van der Waals surface area contributed by atoms with Gasteiger partial charge in [0.05, 0.1) is 0 Å². The molecule has 2 aromatic rings. The molecule has 4 aliphatic heterocycles. The topological polar surface area (TPSA) is 64.7 Å². The lowest BCUT2D eigenvalue weighted by molar-refractivity contribution is -0.129. The van der Waals surface area contributed by atoms with Crippen molar-refractivity contribution in [1.82, 2.24) is 15.1 Å². The van der Waals surface area contributed by atoms with Gasteiger partial charge in [-0.05, 0) is 30.2 Å². The van der Waals surface area contributed by atoms with Crippen molar-refractivity contribution in [3.8, 4) is 0 Å². The molecule has 3 atom stereocenters. The Labute approximate surface area is 183 Å². The highest BCUT2D eigenvalue weighted by Gasteiger charge is 2.55. The van der Waals surface area contributed by atoms with Gasteiger partial charge in [0, 0.05) is 62.3 Å². The van der Waals surface area contributed by atoms with Crippen molar-refractivity contribution in [1.29, 1.82) is 0 Å². The minimum Gasteiger partial charge on any atom is -0.352 e. The molecule has 0 radical (unpaired) electrons. The van der Waals surface area contributed by atoms with Gasteiger partial charge in [0.1, 0.15) is 6.42 Å². The van der Waals surface area contributed by atoms with Gasteiger partial charge in [0.25, 0.3) is 0 Å². The van der Waals surface area contributed by atoms with Crippen LogP contribution < -0.4 is 10.6 Å². The molecule has 0 spiro atoms. The molecule has 4 saturated heterocycles. The van der Waals surface area contributed by atoms with Crippen molar-refractivity contribution in [2.24, 2.45) is 5.92 Å². The Hall–Kier alpha value is -2.70. The molecule has 6 heteroatoms. The average molecular weight is 419 g/mol. The van der Waals surface area contributed by atoms with E-state index in [0.717, 1.165) is 50.5 Å². The van der Waals surface area contributed by atoms with Crippen LogP contribution >= 0.6 is 0 Å². The maximum absolute atomic E-state index is 13.0. The third-order valence-corrected chi connectivity index (χ3v) is 7.08. The summed E-state index contributed by atoms with van der Waals surface area (Å²) in [5.41, 5.74) is 2.94. The van der Waals surface area contributed by atoms with E-state index in [9.17, 15) is 9.59 Å². The summed E-state index contributed by atoms with van der Waals surface area (Å²) in [4.78, 5) is 30.6. The van der Waals surface area contributed by atoms with Crippen molar-refractivity contribution in [3.05, 3.63) is 65.7 Å². The van der Waals surface area contributed by atoms with Gasteiger partial charge in [-0.25, -0.2) is 0 Å². The molecule has 0 aromatic heterocycles. The Kier molecular flexibility index (Phi) is 5.28. The second-order valence-electron chi connectivity index (χ2n) is 9.39. The van der Waals surface area contributed by atoms with Crippen LogP contribution in [0.2, 0.25) is 0 Å². The maximum Gasteiger partial charge on any atom is 0.233 e. The Morgan fingerprint density at radius 1 is 0.968 bits per heavy atom. The molecule has 0 saturated carbocycles. The predicted molar refractivity (Wildman–Crippen MR) is 121 cm³/mol. The van der Waals surface area contributed by atoms with Crippen LogP contribution in [0.5, 0.6) is 0 Å². The fourth-order valence-corrected chi connectivity index (χ4v) is 5.87. The molecule has 162 valence electrons. The largest absolute Gasteiger partial charge is 0.352 e. The summed E-state index contributed by atoms with van der Waals surface area (Å²) in [5, 5.41) is 6.15. The molecule has 2 N–H and O–H groups in total. The second-order valence-corrected chi connectivity index (χ2v) is 9.39. The van der Waals surface area contributed by atoms with E-state index < -0.39 is 0 Å². The third kappa shape index (κ3) is 3.98. The highest BCUT2D eigenvalue weighted by molar-refractivity contribution is 6.03. The van der Waals surface area contributed by atoms with Gasteiger partial charge in [-0.3, -0.25) is 9.59 Å². The Morgan fingerprint density at radius 2 is 1.68 bits per heavy atom. The van der Waals surface area contributed by atoms with Gasteiger partial charge < -0.3 is 20.4 Å². The van der Waals surface area contributed by atoms with Gasteiger partial charge in [-0.2, -0.15) is 0 Å². The quantitative estimate of drug-likeness (QED) is 0.729. The number of nitrogens with one attached hydrogen (secondary N) is 2. The van der Waals surface area contributed by atoms with Crippen LogP contribution in [-0.2, 0) is 15.0 Å². The first-order valence-corrected chi connectivity index (χ1v) is 11.2. The number of hydrogen-bond donors (Lipinski definition) is 2. The van der Waals surface area contributed by atoms with Crippen LogP contribution in [0, 0.1) is 12.8 Å². The van der Waals surface area contributed by atoms with E-state index in [-0.39, 0.29) is 29.7 Å². The van der Waals surface area contributed by atoms with Crippen molar-refractivity contribution in [2.45, 2.75) is 24.8 Å². The molecular weight excluding hydrogens is 388 g/mol. The minimum absolute atomic E-state index is 0.0415. The van der Waals surface area contributed by atoms with Crippen LogP contribution in [0.25, 0.3) is 0 Å². The third-order valence-electron chi connectivity index (χ3n) is 7.08. The summed E-state index contributed by atoms with van der Waals surface area (Å²) < 4.78 is 0. The highest BCUT2D eigenvalue weighted by Crippen LogP contribution is 2.43. The molecule has 31 heavy (non-hydrogen) atoms. The van der Waals surface area contributed by atoms with E-state index in [1.165, 1.54) is 5.56 Å². The summed E-state index contributed by atoms with van der Waals surface area (Å²) in [7, 11) is 0. The van der Waals surface area contributed by atoms with E-state index in [1.54, 1.807) is 0 Å². The lowest BCUT2D eigenvalue weighted by atomic mass is 9.64. The van der Waals surface area contributed by atoms with Gasteiger partial charge >= 0.3 is 0 Å². The number of anilines is 1. The zero-order valence-corrected chi connectivity index (χ0v) is 18.0. The summed E-state index contributed by atoms with van der Waals surface area (Å²) >= 11 is 0. The van der Waals surface area contributed by atoms with Gasteiger partial charge in [-0.1, -0.05) is 42.5 Å². The van der Waals surface area contributed by atoms with Crippen molar-refractivity contribution in [3.63, 3.8) is 0 Å². The standard InChI is InChI=1S/C25H30N4O2/c1-18-6-5-9-21(12-18)26-22(30)13-23(31)27-24-19-14-28-10-11-29(15-19)17-25(24,16-28)20-7-3-2-4-8-20/h2-9,12,19,24H,10-11,13-17H2,1H3,(H,26,30)(H,27,31). The normalized spacial score (nSPS) is 31.1. The summed E-state index contributed by atoms with van der Waals surface area (Å²) in [6.07, 6.45) is -0.157.